The third-order valence-corrected chi connectivity index (χ3v) is 6.14. The van der Waals surface area contributed by atoms with Gasteiger partial charge in [-0.1, -0.05) is 43.0 Å². The fourth-order valence-corrected chi connectivity index (χ4v) is 4.49. The molecular weight excluding hydrogens is 400 g/mol. The number of carbonyl (C=O) groups is 2. The van der Waals surface area contributed by atoms with Crippen LogP contribution in [-0.2, 0) is 4.79 Å². The first-order valence-corrected chi connectivity index (χ1v) is 10.9. The van der Waals surface area contributed by atoms with E-state index in [-0.39, 0.29) is 11.5 Å². The van der Waals surface area contributed by atoms with E-state index in [1.165, 1.54) is 19.3 Å². The number of amides is 1. The van der Waals surface area contributed by atoms with Gasteiger partial charge in [0.05, 0.1) is 11.5 Å². The van der Waals surface area contributed by atoms with Crippen LogP contribution in [0.4, 0.5) is 5.69 Å². The third-order valence-electron chi connectivity index (χ3n) is 5.91. The third kappa shape index (κ3) is 4.96. The van der Waals surface area contributed by atoms with Gasteiger partial charge in [0.15, 0.2) is 0 Å². The van der Waals surface area contributed by atoms with Crippen molar-refractivity contribution in [2.45, 2.75) is 51.0 Å². The van der Waals surface area contributed by atoms with Crippen LogP contribution in [0, 0.1) is 0 Å². The number of aromatic carboxylic acids is 1. The van der Waals surface area contributed by atoms with Gasteiger partial charge in [0.1, 0.15) is 0 Å². The number of likely N-dealkylation sites (N-methyl/N-ethyl adjacent to an activating group) is 1. The summed E-state index contributed by atoms with van der Waals surface area (Å²) in [5.74, 6) is -1.69. The van der Waals surface area contributed by atoms with Crippen LogP contribution in [-0.4, -0.2) is 36.6 Å². The topological polar surface area (TPSA) is 69.6 Å². The van der Waals surface area contributed by atoms with Crippen LogP contribution in [0.5, 0.6) is 0 Å². The van der Waals surface area contributed by atoms with Gasteiger partial charge in [-0.15, -0.1) is 0 Å². The minimum absolute atomic E-state index is 0.124. The lowest BCUT2D eigenvalue weighted by molar-refractivity contribution is -0.121. The van der Waals surface area contributed by atoms with Crippen molar-refractivity contribution in [3.8, 4) is 0 Å². The van der Waals surface area contributed by atoms with E-state index in [0.29, 0.717) is 17.6 Å². The Morgan fingerprint density at radius 3 is 2.40 bits per heavy atom. The summed E-state index contributed by atoms with van der Waals surface area (Å²) >= 11 is 6.36. The Kier molecular flexibility index (Phi) is 7.38. The molecule has 1 amide bonds. The second kappa shape index (κ2) is 9.98. The van der Waals surface area contributed by atoms with Gasteiger partial charge >= 0.3 is 5.97 Å². The van der Waals surface area contributed by atoms with Crippen LogP contribution in [0.15, 0.2) is 42.5 Å². The Labute approximate surface area is 183 Å². The summed E-state index contributed by atoms with van der Waals surface area (Å²) in [7, 11) is 2.09. The van der Waals surface area contributed by atoms with Crippen molar-refractivity contribution in [2.75, 3.05) is 18.5 Å². The zero-order valence-corrected chi connectivity index (χ0v) is 18.3. The molecule has 1 aliphatic rings. The van der Waals surface area contributed by atoms with Crippen molar-refractivity contribution in [2.24, 2.45) is 0 Å². The van der Waals surface area contributed by atoms with E-state index in [1.54, 1.807) is 24.3 Å². The Balaban J connectivity index is 2.07. The summed E-state index contributed by atoms with van der Waals surface area (Å²) in [6, 6.07) is 12.7. The quantitative estimate of drug-likeness (QED) is 0.645. The highest BCUT2D eigenvalue weighted by Crippen LogP contribution is 2.37. The van der Waals surface area contributed by atoms with Gasteiger partial charge in [0.2, 0.25) is 5.91 Å². The molecule has 1 aliphatic carbocycles. The van der Waals surface area contributed by atoms with Gasteiger partial charge in [-0.2, -0.15) is 0 Å². The maximum atomic E-state index is 13.1. The monoisotopic (exact) mass is 428 g/mol. The standard InChI is InChI=1S/C24H29ClN2O3/c1-3-26-23(28)22(16-9-11-17(12-10-16)24(29)30)20-15-18(25)13-14-21(20)27(2)19-7-5-4-6-8-19/h9-15,19,22H,3-8H2,1-2H3,(H,26,28)(H,29,30). The maximum Gasteiger partial charge on any atom is 0.335 e. The molecule has 0 aliphatic heterocycles. The number of carbonyl (C=O) groups excluding carboxylic acids is 1. The molecule has 30 heavy (non-hydrogen) atoms. The van der Waals surface area contributed by atoms with E-state index in [0.717, 1.165) is 29.7 Å². The molecule has 0 bridgehead atoms. The second-order valence-electron chi connectivity index (χ2n) is 7.86. The highest BCUT2D eigenvalue weighted by Gasteiger charge is 2.29. The van der Waals surface area contributed by atoms with Crippen molar-refractivity contribution < 1.29 is 14.7 Å². The lowest BCUT2D eigenvalue weighted by atomic mass is 9.87. The summed E-state index contributed by atoms with van der Waals surface area (Å²) in [5, 5.41) is 12.7. The molecule has 0 saturated heterocycles. The van der Waals surface area contributed by atoms with Crippen LogP contribution in [0.1, 0.15) is 66.4 Å². The first-order chi connectivity index (χ1) is 14.4. The first kappa shape index (κ1) is 22.2. The minimum Gasteiger partial charge on any atom is -0.478 e. The van der Waals surface area contributed by atoms with Crippen molar-refractivity contribution in [3.05, 3.63) is 64.2 Å². The van der Waals surface area contributed by atoms with Gasteiger partial charge in [-0.25, -0.2) is 4.79 Å². The highest BCUT2D eigenvalue weighted by atomic mass is 35.5. The number of nitrogens with zero attached hydrogens (tertiary/aromatic N) is 1. The Bertz CT molecular complexity index is 892. The van der Waals surface area contributed by atoms with E-state index in [2.05, 4.69) is 17.3 Å². The van der Waals surface area contributed by atoms with Crippen LogP contribution in [0.3, 0.4) is 0 Å². The molecule has 1 atom stereocenters. The smallest absolute Gasteiger partial charge is 0.335 e. The van der Waals surface area contributed by atoms with E-state index in [4.69, 9.17) is 11.6 Å². The van der Waals surface area contributed by atoms with Crippen molar-refractivity contribution in [1.29, 1.82) is 0 Å². The molecule has 160 valence electrons. The minimum atomic E-state index is -0.989. The highest BCUT2D eigenvalue weighted by molar-refractivity contribution is 6.30. The van der Waals surface area contributed by atoms with Gasteiger partial charge < -0.3 is 15.3 Å². The van der Waals surface area contributed by atoms with Gasteiger partial charge in [-0.05, 0) is 61.2 Å². The first-order valence-electron chi connectivity index (χ1n) is 10.6. The molecule has 0 heterocycles. The second-order valence-corrected chi connectivity index (χ2v) is 8.30. The molecule has 5 nitrogen and oxygen atoms in total. The molecule has 1 unspecified atom stereocenters. The number of halogens is 1. The molecule has 2 N–H and O–H groups in total. The SMILES string of the molecule is CCNC(=O)C(c1ccc(C(=O)O)cc1)c1cc(Cl)ccc1N(C)C1CCCCC1. The van der Waals surface area contributed by atoms with E-state index >= 15 is 0 Å². The number of carboxylic acids is 1. The lowest BCUT2D eigenvalue weighted by Gasteiger charge is -2.35. The van der Waals surface area contributed by atoms with Crippen LogP contribution in [0.2, 0.25) is 5.02 Å². The average Bonchev–Trinajstić information content (AvgIpc) is 2.75. The largest absolute Gasteiger partial charge is 0.478 e. The molecule has 1 saturated carbocycles. The predicted molar refractivity (Wildman–Crippen MR) is 121 cm³/mol. The molecular formula is C24H29ClN2O3. The Hall–Kier alpha value is -2.53. The number of rotatable bonds is 7. The molecule has 1 fully saturated rings. The maximum absolute atomic E-state index is 13.1. The van der Waals surface area contributed by atoms with Crippen molar-refractivity contribution in [3.63, 3.8) is 0 Å². The number of anilines is 1. The van der Waals surface area contributed by atoms with Crippen LogP contribution < -0.4 is 10.2 Å². The molecule has 0 radical (unpaired) electrons. The predicted octanol–water partition coefficient (Wildman–Crippen LogP) is 5.08. The zero-order valence-electron chi connectivity index (χ0n) is 17.5. The normalized spacial score (nSPS) is 15.4. The molecule has 6 heteroatoms. The van der Waals surface area contributed by atoms with Crippen LogP contribution >= 0.6 is 11.6 Å². The molecule has 3 rings (SSSR count). The van der Waals surface area contributed by atoms with Crippen molar-refractivity contribution >= 4 is 29.2 Å². The Morgan fingerprint density at radius 2 is 1.80 bits per heavy atom. The van der Waals surface area contributed by atoms with E-state index < -0.39 is 11.9 Å². The summed E-state index contributed by atoms with van der Waals surface area (Å²) in [6.45, 7) is 2.40. The zero-order chi connectivity index (χ0) is 21.7. The summed E-state index contributed by atoms with van der Waals surface area (Å²) < 4.78 is 0. The molecule has 0 spiro atoms. The van der Waals surface area contributed by atoms with Crippen LogP contribution in [0.25, 0.3) is 0 Å². The molecule has 2 aromatic carbocycles. The summed E-state index contributed by atoms with van der Waals surface area (Å²) in [5.41, 5.74) is 2.76. The van der Waals surface area contributed by atoms with Gasteiger partial charge in [0, 0.05) is 30.3 Å². The number of hydrogen-bond donors (Lipinski definition) is 2. The number of hydrogen-bond acceptors (Lipinski definition) is 3. The summed E-state index contributed by atoms with van der Waals surface area (Å²) in [4.78, 5) is 26.7. The van der Waals surface area contributed by atoms with E-state index in [9.17, 15) is 14.7 Å². The fourth-order valence-electron chi connectivity index (χ4n) is 4.31. The fraction of sp³-hybridized carbons (Fsp3) is 0.417. The number of nitrogens with one attached hydrogen (secondary N) is 1. The van der Waals surface area contributed by atoms with Crippen molar-refractivity contribution in [1.82, 2.24) is 5.32 Å². The average molecular weight is 429 g/mol. The van der Waals surface area contributed by atoms with E-state index in [1.807, 2.05) is 25.1 Å². The van der Waals surface area contributed by atoms with Gasteiger partial charge in [0.25, 0.3) is 0 Å². The summed E-state index contributed by atoms with van der Waals surface area (Å²) in [6.07, 6.45) is 5.98. The van der Waals surface area contributed by atoms with Gasteiger partial charge in [-0.3, -0.25) is 4.79 Å². The Morgan fingerprint density at radius 1 is 1.13 bits per heavy atom. The number of carboxylic acid groups (broad SMARTS) is 1. The molecule has 0 aromatic heterocycles. The number of benzene rings is 2. The molecule has 2 aromatic rings. The lowest BCUT2D eigenvalue weighted by Crippen LogP contribution is -2.36.